The van der Waals surface area contributed by atoms with Gasteiger partial charge in [0, 0.05) is 12.7 Å². The molecule has 0 radical (unpaired) electrons. The number of benzene rings is 1. The molecular weight excluding hydrogens is 294 g/mol. The van der Waals surface area contributed by atoms with Crippen LogP contribution < -0.4 is 10.6 Å². The van der Waals surface area contributed by atoms with Crippen molar-refractivity contribution in [2.45, 2.75) is 26.2 Å². The first-order valence-corrected chi connectivity index (χ1v) is 7.60. The maximum absolute atomic E-state index is 10.3. The Kier molecular flexibility index (Phi) is 3.82. The van der Waals surface area contributed by atoms with Gasteiger partial charge in [-0.2, -0.15) is 0 Å². The van der Waals surface area contributed by atoms with Crippen molar-refractivity contribution < 1.29 is 15.3 Å². The molecule has 1 aromatic heterocycles. The summed E-state index contributed by atoms with van der Waals surface area (Å²) in [4.78, 5) is 0. The van der Waals surface area contributed by atoms with Gasteiger partial charge in [-0.3, -0.25) is 4.57 Å². The number of aromatic nitrogens is 1. The van der Waals surface area contributed by atoms with Crippen LogP contribution in [0.2, 0.25) is 0 Å². The molecule has 1 heterocycles. The first kappa shape index (κ1) is 15.1. The lowest BCUT2D eigenvalue weighted by Crippen LogP contribution is -2.01. The van der Waals surface area contributed by atoms with Crippen molar-refractivity contribution >= 4 is 17.1 Å². The van der Waals surface area contributed by atoms with E-state index in [0.29, 0.717) is 17.1 Å². The van der Waals surface area contributed by atoms with Crippen LogP contribution in [0.3, 0.4) is 0 Å². The van der Waals surface area contributed by atoms with Crippen LogP contribution in [0.15, 0.2) is 35.5 Å². The van der Waals surface area contributed by atoms with Gasteiger partial charge in [0.1, 0.15) is 17.1 Å². The fraction of sp³-hybridized carbons (Fsp3) is 0.294. The van der Waals surface area contributed by atoms with Gasteiger partial charge in [-0.25, -0.2) is 0 Å². The van der Waals surface area contributed by atoms with E-state index in [4.69, 9.17) is 0 Å². The van der Waals surface area contributed by atoms with Crippen molar-refractivity contribution in [3.8, 4) is 17.5 Å². The molecule has 1 aliphatic rings. The normalized spacial score (nSPS) is 14.3. The van der Waals surface area contributed by atoms with E-state index in [1.807, 2.05) is 0 Å². The Balaban J connectivity index is 2.01. The standard InChI is InChI=1S/C17H21N3O3/c1-10-6-5-8-11(10)18-14-15(17(23)20(2)16(14)22)19-12-7-3-4-9-13(12)21/h3-4,7,9,18-19,21-23H,5-6,8H2,1-2H3. The zero-order valence-electron chi connectivity index (χ0n) is 13.2. The molecule has 6 nitrogen and oxygen atoms in total. The number of rotatable bonds is 4. The minimum absolute atomic E-state index is 0.0624. The van der Waals surface area contributed by atoms with Gasteiger partial charge < -0.3 is 26.0 Å². The number of nitrogens with one attached hydrogen (secondary N) is 2. The first-order chi connectivity index (χ1) is 11.0. The van der Waals surface area contributed by atoms with E-state index in [1.165, 1.54) is 10.1 Å². The fourth-order valence-electron chi connectivity index (χ4n) is 2.82. The summed E-state index contributed by atoms with van der Waals surface area (Å²) in [7, 11) is 1.57. The van der Waals surface area contributed by atoms with Crippen LogP contribution in [0.1, 0.15) is 26.2 Å². The summed E-state index contributed by atoms with van der Waals surface area (Å²) in [6.45, 7) is 2.06. The van der Waals surface area contributed by atoms with Gasteiger partial charge >= 0.3 is 0 Å². The Morgan fingerprint density at radius 1 is 0.957 bits per heavy atom. The van der Waals surface area contributed by atoms with E-state index < -0.39 is 0 Å². The third kappa shape index (κ3) is 2.67. The lowest BCUT2D eigenvalue weighted by molar-refractivity contribution is 0.388. The van der Waals surface area contributed by atoms with E-state index in [-0.39, 0.29) is 17.5 Å². The quantitative estimate of drug-likeness (QED) is 0.554. The second-order valence-electron chi connectivity index (χ2n) is 5.84. The third-order valence-electron chi connectivity index (χ3n) is 4.27. The molecule has 1 aliphatic carbocycles. The summed E-state index contributed by atoms with van der Waals surface area (Å²) in [6.07, 6.45) is 3.02. The van der Waals surface area contributed by atoms with Crippen molar-refractivity contribution in [1.29, 1.82) is 0 Å². The van der Waals surface area contributed by atoms with E-state index in [0.717, 1.165) is 25.0 Å². The molecule has 1 aromatic carbocycles. The largest absolute Gasteiger partial charge is 0.506 e. The average molecular weight is 315 g/mol. The summed E-state index contributed by atoms with van der Waals surface area (Å²) in [5.41, 5.74) is 3.50. The average Bonchev–Trinajstić information content (AvgIpc) is 3.02. The molecule has 0 bridgehead atoms. The number of para-hydroxylation sites is 2. The van der Waals surface area contributed by atoms with Crippen molar-refractivity contribution in [3.05, 3.63) is 35.5 Å². The Bertz CT molecular complexity index is 778. The molecule has 23 heavy (non-hydrogen) atoms. The van der Waals surface area contributed by atoms with Gasteiger partial charge in [0.15, 0.2) is 0 Å². The van der Waals surface area contributed by atoms with E-state index in [9.17, 15) is 15.3 Å². The molecule has 0 atom stereocenters. The van der Waals surface area contributed by atoms with Crippen LogP contribution in [0.4, 0.5) is 17.1 Å². The predicted octanol–water partition coefficient (Wildman–Crippen LogP) is 3.76. The van der Waals surface area contributed by atoms with Gasteiger partial charge in [-0.15, -0.1) is 0 Å². The highest BCUT2D eigenvalue weighted by Gasteiger charge is 2.23. The van der Waals surface area contributed by atoms with Crippen LogP contribution in [0, 0.1) is 0 Å². The Labute approximate surface area is 134 Å². The lowest BCUT2D eigenvalue weighted by Gasteiger charge is -2.12. The molecule has 122 valence electrons. The van der Waals surface area contributed by atoms with Crippen molar-refractivity contribution in [2.75, 3.05) is 10.6 Å². The van der Waals surface area contributed by atoms with Crippen molar-refractivity contribution in [2.24, 2.45) is 7.05 Å². The number of phenolic OH excluding ortho intramolecular Hbond substituents is 1. The second kappa shape index (κ2) is 5.79. The molecule has 0 unspecified atom stereocenters. The number of phenols is 1. The summed E-state index contributed by atoms with van der Waals surface area (Å²) in [6, 6.07) is 6.74. The summed E-state index contributed by atoms with van der Waals surface area (Å²) in [5, 5.41) is 36.7. The number of allylic oxidation sites excluding steroid dienone is 2. The highest BCUT2D eigenvalue weighted by atomic mass is 16.3. The van der Waals surface area contributed by atoms with Gasteiger partial charge in [0.2, 0.25) is 11.8 Å². The SMILES string of the molecule is CC1=C(Nc2c(Nc3ccccc3O)c(O)n(C)c2O)CCC1. The zero-order valence-corrected chi connectivity index (χ0v) is 13.2. The molecule has 0 amide bonds. The molecule has 0 aliphatic heterocycles. The highest BCUT2D eigenvalue weighted by Crippen LogP contribution is 2.46. The minimum atomic E-state index is -0.107. The van der Waals surface area contributed by atoms with Gasteiger partial charge in [-0.05, 0) is 38.3 Å². The first-order valence-electron chi connectivity index (χ1n) is 7.60. The molecule has 0 saturated heterocycles. The number of nitrogens with zero attached hydrogens (tertiary/aromatic N) is 1. The van der Waals surface area contributed by atoms with E-state index in [2.05, 4.69) is 17.6 Å². The van der Waals surface area contributed by atoms with Gasteiger partial charge in [0.05, 0.1) is 5.69 Å². The van der Waals surface area contributed by atoms with E-state index >= 15 is 0 Å². The zero-order chi connectivity index (χ0) is 16.6. The molecule has 2 aromatic rings. The smallest absolute Gasteiger partial charge is 0.220 e. The summed E-state index contributed by atoms with van der Waals surface area (Å²) >= 11 is 0. The molecule has 3 rings (SSSR count). The van der Waals surface area contributed by atoms with E-state index in [1.54, 1.807) is 31.3 Å². The monoisotopic (exact) mass is 315 g/mol. The number of hydrogen-bond acceptors (Lipinski definition) is 5. The second-order valence-corrected chi connectivity index (χ2v) is 5.84. The molecular formula is C17H21N3O3. The van der Waals surface area contributed by atoms with Crippen molar-refractivity contribution in [1.82, 2.24) is 4.57 Å². The van der Waals surface area contributed by atoms with Crippen LogP contribution >= 0.6 is 0 Å². The number of anilines is 3. The van der Waals surface area contributed by atoms with Gasteiger partial charge in [0.25, 0.3) is 0 Å². The maximum Gasteiger partial charge on any atom is 0.220 e. The van der Waals surface area contributed by atoms with Crippen molar-refractivity contribution in [3.63, 3.8) is 0 Å². The third-order valence-corrected chi connectivity index (χ3v) is 4.27. The lowest BCUT2D eigenvalue weighted by atomic mass is 10.2. The van der Waals surface area contributed by atoms with Crippen LogP contribution in [0.25, 0.3) is 0 Å². The minimum Gasteiger partial charge on any atom is -0.506 e. The van der Waals surface area contributed by atoms with Crippen LogP contribution in [0.5, 0.6) is 17.5 Å². The Morgan fingerprint density at radius 3 is 2.22 bits per heavy atom. The van der Waals surface area contributed by atoms with Gasteiger partial charge in [-0.1, -0.05) is 17.7 Å². The summed E-state index contributed by atoms with van der Waals surface area (Å²) < 4.78 is 1.29. The summed E-state index contributed by atoms with van der Waals surface area (Å²) in [5.74, 6) is -0.102. The Morgan fingerprint density at radius 2 is 1.61 bits per heavy atom. The number of hydrogen-bond donors (Lipinski definition) is 5. The maximum atomic E-state index is 10.3. The predicted molar refractivity (Wildman–Crippen MR) is 90.3 cm³/mol. The van der Waals surface area contributed by atoms with Crippen LogP contribution in [-0.2, 0) is 7.05 Å². The molecule has 5 N–H and O–H groups in total. The molecule has 0 saturated carbocycles. The fourth-order valence-corrected chi connectivity index (χ4v) is 2.82. The van der Waals surface area contributed by atoms with Crippen LogP contribution in [-0.4, -0.2) is 19.9 Å². The molecule has 0 spiro atoms. The highest BCUT2D eigenvalue weighted by molar-refractivity contribution is 5.86. The molecule has 6 heteroatoms. The Hall–Kier alpha value is -2.76. The topological polar surface area (TPSA) is 89.7 Å². The number of aromatic hydroxyl groups is 3. The molecule has 0 fully saturated rings.